The highest BCUT2D eigenvalue weighted by molar-refractivity contribution is 9.09. The average molecular weight is 380 g/mol. The molecule has 0 aromatic carbocycles. The molecule has 1 aliphatic heterocycles. The van der Waals surface area contributed by atoms with Gasteiger partial charge in [0.25, 0.3) is 0 Å². The van der Waals surface area contributed by atoms with Crippen LogP contribution in [0, 0.1) is 0 Å². The van der Waals surface area contributed by atoms with Crippen molar-refractivity contribution in [1.82, 2.24) is 4.90 Å². The van der Waals surface area contributed by atoms with Crippen molar-refractivity contribution in [1.29, 1.82) is 0 Å². The minimum atomic E-state index is -0.496. The molecule has 0 spiro atoms. The van der Waals surface area contributed by atoms with Crippen LogP contribution in [0.4, 0.5) is 4.79 Å². The number of hydrogen-bond donors (Lipinski definition) is 0. The molecule has 1 rings (SSSR count). The third kappa shape index (κ3) is 6.74. The number of methoxy groups -OCH3 is 1. The van der Waals surface area contributed by atoms with Crippen LogP contribution in [0.1, 0.15) is 27.2 Å². The fourth-order valence-electron chi connectivity index (χ4n) is 1.90. The van der Waals surface area contributed by atoms with Crippen molar-refractivity contribution in [2.24, 2.45) is 0 Å². The summed E-state index contributed by atoms with van der Waals surface area (Å²) >= 11 is 5.04. The summed E-state index contributed by atoms with van der Waals surface area (Å²) in [6, 6.07) is 0.0940. The lowest BCUT2D eigenvalue weighted by Crippen LogP contribution is -2.41. The number of nitrogens with zero attached hydrogens (tertiary/aromatic N) is 1. The molecule has 0 radical (unpaired) electrons. The predicted molar refractivity (Wildman–Crippen MR) is 87.7 cm³/mol. The number of likely N-dealkylation sites (tertiary alicyclic amines) is 1. The van der Waals surface area contributed by atoms with Crippen molar-refractivity contribution in [3.8, 4) is 0 Å². The molecule has 0 aromatic heterocycles. The van der Waals surface area contributed by atoms with Gasteiger partial charge in [-0.25, -0.2) is 9.59 Å². The number of esters is 1. The molecule has 0 bridgehead atoms. The Morgan fingerprint density at radius 3 is 2.67 bits per heavy atom. The van der Waals surface area contributed by atoms with Gasteiger partial charge in [0.2, 0.25) is 0 Å². The summed E-state index contributed by atoms with van der Waals surface area (Å²) < 4.78 is 9.95. The molecule has 7 heteroatoms. The van der Waals surface area contributed by atoms with Crippen LogP contribution in [0.5, 0.6) is 0 Å². The zero-order valence-corrected chi connectivity index (χ0v) is 15.2. The number of carbonyl (C=O) groups is 2. The molecule has 0 aliphatic carbocycles. The van der Waals surface area contributed by atoms with Crippen molar-refractivity contribution in [3.63, 3.8) is 0 Å². The summed E-state index contributed by atoms with van der Waals surface area (Å²) in [6.45, 7) is 6.21. The summed E-state index contributed by atoms with van der Waals surface area (Å²) in [7, 11) is 1.34. The smallest absolute Gasteiger partial charge is 0.410 e. The Bertz CT molecular complexity index is 408. The highest BCUT2D eigenvalue weighted by atomic mass is 79.9. The second-order valence-electron chi connectivity index (χ2n) is 5.78. The van der Waals surface area contributed by atoms with Crippen LogP contribution in [0.15, 0.2) is 11.5 Å². The molecular weight excluding hydrogens is 358 g/mol. The van der Waals surface area contributed by atoms with Gasteiger partial charge in [0.05, 0.1) is 7.11 Å². The second kappa shape index (κ2) is 8.08. The lowest BCUT2D eigenvalue weighted by atomic mass is 10.2. The van der Waals surface area contributed by atoms with Crippen LogP contribution < -0.4 is 0 Å². The molecule has 1 unspecified atom stereocenters. The van der Waals surface area contributed by atoms with E-state index in [1.165, 1.54) is 24.9 Å². The number of hydrogen-bond acceptors (Lipinski definition) is 5. The molecule has 21 heavy (non-hydrogen) atoms. The first-order valence-electron chi connectivity index (χ1n) is 6.72. The van der Waals surface area contributed by atoms with Gasteiger partial charge in [-0.3, -0.25) is 0 Å². The summed E-state index contributed by atoms with van der Waals surface area (Å²) in [6.07, 6.45) is 1.97. The van der Waals surface area contributed by atoms with E-state index >= 15 is 0 Å². The normalized spacial score (nSPS) is 22.6. The number of alkyl halides is 1. The maximum absolute atomic E-state index is 12.2. The van der Waals surface area contributed by atoms with E-state index in [1.807, 2.05) is 20.8 Å². The number of amides is 1. The minimum Gasteiger partial charge on any atom is -0.466 e. The van der Waals surface area contributed by atoms with Crippen molar-refractivity contribution in [3.05, 3.63) is 11.5 Å². The van der Waals surface area contributed by atoms with Gasteiger partial charge in [0, 0.05) is 29.2 Å². The van der Waals surface area contributed by atoms with E-state index in [2.05, 4.69) is 20.7 Å². The van der Waals surface area contributed by atoms with Gasteiger partial charge >= 0.3 is 12.1 Å². The van der Waals surface area contributed by atoms with Crippen molar-refractivity contribution < 1.29 is 19.1 Å². The molecule has 5 nitrogen and oxygen atoms in total. The van der Waals surface area contributed by atoms with Gasteiger partial charge in [0.15, 0.2) is 0 Å². The zero-order chi connectivity index (χ0) is 16.0. The van der Waals surface area contributed by atoms with E-state index in [1.54, 1.807) is 10.3 Å². The van der Waals surface area contributed by atoms with Gasteiger partial charge in [-0.15, -0.1) is 11.8 Å². The number of halogens is 1. The zero-order valence-electron chi connectivity index (χ0n) is 12.8. The van der Waals surface area contributed by atoms with E-state index in [0.717, 1.165) is 12.2 Å². The van der Waals surface area contributed by atoms with Crippen LogP contribution in [-0.2, 0) is 14.3 Å². The first-order valence-corrected chi connectivity index (χ1v) is 8.69. The largest absolute Gasteiger partial charge is 0.466 e. The minimum absolute atomic E-state index is 0.0940. The van der Waals surface area contributed by atoms with Gasteiger partial charge in [-0.1, -0.05) is 15.9 Å². The monoisotopic (exact) mass is 379 g/mol. The van der Waals surface area contributed by atoms with Gasteiger partial charge in [-0.05, 0) is 32.6 Å². The summed E-state index contributed by atoms with van der Waals surface area (Å²) in [4.78, 5) is 25.2. The second-order valence-corrected chi connectivity index (χ2v) is 8.01. The molecule has 1 heterocycles. The fraction of sp³-hybridized carbons (Fsp3) is 0.714. The first-order chi connectivity index (χ1) is 9.73. The Kier molecular flexibility index (Phi) is 7.06. The van der Waals surface area contributed by atoms with Gasteiger partial charge < -0.3 is 14.4 Å². The lowest BCUT2D eigenvalue weighted by Gasteiger charge is -2.28. The highest BCUT2D eigenvalue weighted by Gasteiger charge is 2.36. The molecule has 1 amide bonds. The molecule has 120 valence electrons. The van der Waals surface area contributed by atoms with E-state index in [0.29, 0.717) is 6.54 Å². The SMILES string of the molecule is COC(=O)/C=C\SC[C@@H]1CC(Br)CN1C(=O)OC(C)(C)C. The summed E-state index contributed by atoms with van der Waals surface area (Å²) in [5, 5.41) is 1.70. The number of carbonyl (C=O) groups excluding carboxylic acids is 2. The fourth-order valence-corrected chi connectivity index (χ4v) is 3.50. The molecule has 0 aromatic rings. The van der Waals surface area contributed by atoms with E-state index in [9.17, 15) is 9.59 Å². The third-order valence-corrected chi connectivity index (χ3v) is 4.35. The van der Waals surface area contributed by atoms with Crippen LogP contribution in [0.2, 0.25) is 0 Å². The molecule has 0 N–H and O–H groups in total. The van der Waals surface area contributed by atoms with Crippen molar-refractivity contribution in [2.45, 2.75) is 43.7 Å². The standard InChI is InChI=1S/C14H22BrNO4S/c1-14(2,3)20-13(18)16-8-10(15)7-11(16)9-21-6-5-12(17)19-4/h5-6,10-11H,7-9H2,1-4H3/b6-5-/t10?,11-/m0/s1. The maximum atomic E-state index is 12.2. The number of ether oxygens (including phenoxy) is 2. The van der Waals surface area contributed by atoms with Gasteiger partial charge in [-0.2, -0.15) is 0 Å². The molecule has 2 atom stereocenters. The Labute approximate surface area is 138 Å². The topological polar surface area (TPSA) is 55.8 Å². The van der Waals surface area contributed by atoms with E-state index in [-0.39, 0.29) is 22.9 Å². The Morgan fingerprint density at radius 1 is 1.43 bits per heavy atom. The summed E-state index contributed by atoms with van der Waals surface area (Å²) in [5.41, 5.74) is -0.496. The Balaban J connectivity index is 2.53. The third-order valence-electron chi connectivity index (χ3n) is 2.78. The lowest BCUT2D eigenvalue weighted by molar-refractivity contribution is -0.134. The molecule has 1 fully saturated rings. The molecule has 1 aliphatic rings. The molecule has 1 saturated heterocycles. The van der Waals surface area contributed by atoms with E-state index < -0.39 is 5.60 Å². The van der Waals surface area contributed by atoms with Crippen LogP contribution in [0.3, 0.4) is 0 Å². The quantitative estimate of drug-likeness (QED) is 0.426. The number of thioether (sulfide) groups is 1. The molecule has 0 saturated carbocycles. The average Bonchev–Trinajstić information content (AvgIpc) is 2.73. The Hall–Kier alpha value is -0.690. The van der Waals surface area contributed by atoms with Crippen LogP contribution in [0.25, 0.3) is 0 Å². The first kappa shape index (κ1) is 18.4. The number of rotatable bonds is 4. The van der Waals surface area contributed by atoms with Crippen molar-refractivity contribution in [2.75, 3.05) is 19.4 Å². The van der Waals surface area contributed by atoms with Crippen molar-refractivity contribution >= 4 is 39.8 Å². The maximum Gasteiger partial charge on any atom is 0.410 e. The highest BCUT2D eigenvalue weighted by Crippen LogP contribution is 2.28. The molecular formula is C14H22BrNO4S. The van der Waals surface area contributed by atoms with Gasteiger partial charge in [0.1, 0.15) is 5.60 Å². The van der Waals surface area contributed by atoms with Crippen LogP contribution in [-0.4, -0.2) is 52.8 Å². The predicted octanol–water partition coefficient (Wildman–Crippen LogP) is 3.18. The van der Waals surface area contributed by atoms with Crippen LogP contribution >= 0.6 is 27.7 Å². The van der Waals surface area contributed by atoms with E-state index in [4.69, 9.17) is 4.74 Å². The Morgan fingerprint density at radius 2 is 2.10 bits per heavy atom. The summed E-state index contributed by atoms with van der Waals surface area (Å²) in [5.74, 6) is 0.339.